The number of para-hydroxylation sites is 4. The number of nitrogens with zero attached hydrogens (tertiary/aromatic N) is 2. The van der Waals surface area contributed by atoms with Crippen LogP contribution in [0.2, 0.25) is 0 Å². The molecule has 2 heterocycles. The summed E-state index contributed by atoms with van der Waals surface area (Å²) in [4.78, 5) is 0. The summed E-state index contributed by atoms with van der Waals surface area (Å²) in [6.45, 7) is 0. The van der Waals surface area contributed by atoms with Gasteiger partial charge in [0.1, 0.15) is 0 Å². The zero-order valence-electron chi connectivity index (χ0n) is 39.9. The van der Waals surface area contributed by atoms with Crippen molar-refractivity contribution in [3.63, 3.8) is 0 Å². The Balaban J connectivity index is 0.000000123. The summed E-state index contributed by atoms with van der Waals surface area (Å²) < 4.78 is 5.76. The molecule has 0 aliphatic rings. The van der Waals surface area contributed by atoms with Gasteiger partial charge in [-0.15, -0.1) is 0 Å². The maximum absolute atomic E-state index is 5.72. The van der Waals surface area contributed by atoms with Crippen LogP contribution in [0, 0.1) is 0 Å². The average Bonchev–Trinajstić information content (AvgIpc) is 3.97. The summed E-state index contributed by atoms with van der Waals surface area (Å²) in [7, 11) is 0. The molecule has 73 heavy (non-hydrogen) atoms. The Morgan fingerprint density at radius 3 is 1.01 bits per heavy atom. The topological polar surface area (TPSA) is 47.9 Å². The van der Waals surface area contributed by atoms with Gasteiger partial charge in [0.2, 0.25) is 0 Å². The third-order valence-corrected chi connectivity index (χ3v) is 14.2. The van der Waals surface area contributed by atoms with Crippen LogP contribution in [-0.4, -0.2) is 9.13 Å². The van der Waals surface area contributed by atoms with Gasteiger partial charge >= 0.3 is 0 Å². The summed E-state index contributed by atoms with van der Waals surface area (Å²) in [5, 5.41) is 13.8. The average molecular weight is 1000 g/mol. The number of fused-ring (bicyclic) bond motifs is 8. The van der Waals surface area contributed by atoms with E-state index in [-0.39, 0.29) is 0 Å². The maximum atomic E-state index is 5.72. The Morgan fingerprint density at radius 1 is 0.288 bits per heavy atom. The first-order valence-electron chi connectivity index (χ1n) is 24.6. The largest absolute Gasteiger partial charge is 0.399 e. The van der Waals surface area contributed by atoms with Gasteiger partial charge in [-0.25, -0.2) is 0 Å². The lowest BCUT2D eigenvalue weighted by Gasteiger charge is -2.12. The Hall–Kier alpha value is -9.16. The lowest BCUT2D eigenvalue weighted by molar-refractivity contribution is 1.18. The molecule has 5 heteroatoms. The van der Waals surface area contributed by atoms with Crippen LogP contribution in [0.3, 0.4) is 0 Å². The molecule has 3 N–H and O–H groups in total. The number of rotatable bonds is 6. The maximum Gasteiger partial charge on any atom is 0.0541 e. The molecule has 0 bridgehead atoms. The van der Waals surface area contributed by atoms with Gasteiger partial charge in [0, 0.05) is 54.5 Å². The highest BCUT2D eigenvalue weighted by Gasteiger charge is 2.13. The molecule has 0 saturated carbocycles. The fourth-order valence-corrected chi connectivity index (χ4v) is 10.5. The fraction of sp³-hybridized carbons (Fsp3) is 0. The van der Waals surface area contributed by atoms with E-state index in [1.807, 2.05) is 12.1 Å². The zero-order valence-corrected chi connectivity index (χ0v) is 41.5. The van der Waals surface area contributed by atoms with Crippen molar-refractivity contribution >= 4 is 98.1 Å². The summed E-state index contributed by atoms with van der Waals surface area (Å²) >= 11 is 3.50. The van der Waals surface area contributed by atoms with Gasteiger partial charge in [0.15, 0.2) is 0 Å². The van der Waals surface area contributed by atoms with Crippen molar-refractivity contribution in [2.45, 2.75) is 0 Å². The predicted octanol–water partition coefficient (Wildman–Crippen LogP) is 19.0. The van der Waals surface area contributed by atoms with E-state index in [1.165, 1.54) is 93.1 Å². The number of halogens is 1. The number of aromatic nitrogens is 2. The molecule has 0 spiro atoms. The minimum absolute atomic E-state index is 0.800. The van der Waals surface area contributed by atoms with Gasteiger partial charge in [-0.2, -0.15) is 0 Å². The second kappa shape index (κ2) is 19.9. The third-order valence-electron chi connectivity index (χ3n) is 13.7. The van der Waals surface area contributed by atoms with Crippen LogP contribution in [0.15, 0.2) is 284 Å². The van der Waals surface area contributed by atoms with Gasteiger partial charge in [-0.3, -0.25) is 0 Å². The van der Waals surface area contributed by atoms with Crippen molar-refractivity contribution in [3.8, 4) is 33.6 Å². The molecule has 12 aromatic carbocycles. The third kappa shape index (κ3) is 8.99. The molecule has 0 fully saturated rings. The van der Waals surface area contributed by atoms with Crippen molar-refractivity contribution in [2.24, 2.45) is 0 Å². The van der Waals surface area contributed by atoms with Crippen molar-refractivity contribution < 1.29 is 0 Å². The highest BCUT2D eigenvalue weighted by molar-refractivity contribution is 9.10. The molecule has 0 radical (unpaired) electrons. The van der Waals surface area contributed by atoms with Gasteiger partial charge in [0.05, 0.1) is 22.1 Å². The SMILES string of the molecule is Brc1ccc(-n2c3ccccc3c3ccccc32)cc1.Nc1ccc(-c2cccc3ccccc23)cc1.c1ccc2c(-c3ccc(Nc4ccc(-n5c6ccccc6c6ccccc65)cc4)cc3)cccc2c1. The highest BCUT2D eigenvalue weighted by atomic mass is 79.9. The van der Waals surface area contributed by atoms with Gasteiger partial charge in [-0.1, -0.05) is 198 Å². The molecule has 0 unspecified atom stereocenters. The van der Waals surface area contributed by atoms with Crippen LogP contribution in [0.5, 0.6) is 0 Å². The molecule has 0 amide bonds. The molecule has 348 valence electrons. The van der Waals surface area contributed by atoms with E-state index >= 15 is 0 Å². The summed E-state index contributed by atoms with van der Waals surface area (Å²) in [6.07, 6.45) is 0. The van der Waals surface area contributed by atoms with Crippen LogP contribution in [0.1, 0.15) is 0 Å². The van der Waals surface area contributed by atoms with E-state index in [1.54, 1.807) is 0 Å². The molecule has 14 rings (SSSR count). The highest BCUT2D eigenvalue weighted by Crippen LogP contribution is 2.35. The van der Waals surface area contributed by atoms with Gasteiger partial charge in [0.25, 0.3) is 0 Å². The number of nitrogens with two attached hydrogens (primary N) is 1. The molecule has 0 atom stereocenters. The normalized spacial score (nSPS) is 11.1. The van der Waals surface area contributed by atoms with Gasteiger partial charge < -0.3 is 20.2 Å². The molecular weight excluding hydrogens is 953 g/mol. The lowest BCUT2D eigenvalue weighted by Crippen LogP contribution is -1.95. The molecule has 4 nitrogen and oxygen atoms in total. The zero-order chi connectivity index (χ0) is 49.1. The van der Waals surface area contributed by atoms with E-state index in [9.17, 15) is 0 Å². The lowest BCUT2D eigenvalue weighted by atomic mass is 9.98. The van der Waals surface area contributed by atoms with Crippen LogP contribution in [-0.2, 0) is 0 Å². The van der Waals surface area contributed by atoms with E-state index < -0.39 is 0 Å². The summed E-state index contributed by atoms with van der Waals surface area (Å²) in [6, 6.07) is 98.0. The summed E-state index contributed by atoms with van der Waals surface area (Å²) in [5.41, 5.74) is 20.9. The number of nitrogens with one attached hydrogen (secondary N) is 1. The number of hydrogen-bond donors (Lipinski definition) is 2. The van der Waals surface area contributed by atoms with E-state index in [0.717, 1.165) is 27.2 Å². The number of benzene rings is 12. The van der Waals surface area contributed by atoms with Crippen molar-refractivity contribution in [3.05, 3.63) is 284 Å². The predicted molar refractivity (Wildman–Crippen MR) is 316 cm³/mol. The molecule has 0 saturated heterocycles. The minimum atomic E-state index is 0.800. The molecule has 14 aromatic rings. The number of hydrogen-bond acceptors (Lipinski definition) is 2. The Bertz CT molecular complexity index is 4110. The molecular formula is C68H49BrN4. The smallest absolute Gasteiger partial charge is 0.0541 e. The van der Waals surface area contributed by atoms with E-state index in [4.69, 9.17) is 5.73 Å². The molecule has 0 aliphatic heterocycles. The van der Waals surface area contributed by atoms with Crippen molar-refractivity contribution in [2.75, 3.05) is 11.1 Å². The van der Waals surface area contributed by atoms with Crippen molar-refractivity contribution in [1.82, 2.24) is 9.13 Å². The molecule has 0 aliphatic carbocycles. The monoisotopic (exact) mass is 1000 g/mol. The summed E-state index contributed by atoms with van der Waals surface area (Å²) in [5.74, 6) is 0. The first-order chi connectivity index (χ1) is 36.0. The quantitative estimate of drug-likeness (QED) is 0.163. The second-order valence-corrected chi connectivity index (χ2v) is 19.1. The Labute approximate surface area is 433 Å². The minimum Gasteiger partial charge on any atom is -0.399 e. The fourth-order valence-electron chi connectivity index (χ4n) is 10.2. The van der Waals surface area contributed by atoms with Crippen LogP contribution < -0.4 is 11.1 Å². The molecule has 2 aromatic heterocycles. The first-order valence-corrected chi connectivity index (χ1v) is 25.3. The van der Waals surface area contributed by atoms with Crippen LogP contribution in [0.25, 0.3) is 98.8 Å². The van der Waals surface area contributed by atoms with E-state index in [0.29, 0.717) is 0 Å². The van der Waals surface area contributed by atoms with Crippen LogP contribution >= 0.6 is 15.9 Å². The van der Waals surface area contributed by atoms with Crippen molar-refractivity contribution in [1.29, 1.82) is 0 Å². The number of anilines is 3. The first kappa shape index (κ1) is 45.0. The Kier molecular flexibility index (Phi) is 12.3. The second-order valence-electron chi connectivity index (χ2n) is 18.1. The van der Waals surface area contributed by atoms with Crippen LogP contribution in [0.4, 0.5) is 17.1 Å². The van der Waals surface area contributed by atoms with E-state index in [2.05, 4.69) is 297 Å². The Morgan fingerprint density at radius 2 is 0.603 bits per heavy atom. The standard InChI is InChI=1S/C34H24N2.C18H12BrN.C16H13N/c1-2-10-29-24(8-1)9-7-13-30(29)25-16-18-26(19-17-25)35-27-20-22-28(23-21-27)36-33-14-5-3-11-31(33)32-12-4-6-15-34(32)36;19-13-9-11-14(12-10-13)20-17-7-3-1-5-15(17)16-6-2-4-8-18(16)20;17-14-10-8-13(9-11-14)16-7-3-5-12-4-1-2-6-15(12)16/h1-23,35H;1-12H;1-11H,17H2. The van der Waals surface area contributed by atoms with Gasteiger partial charge in [-0.05, 0) is 141 Å². The number of nitrogen functional groups attached to an aromatic ring is 1.